The highest BCUT2D eigenvalue weighted by Gasteiger charge is 2.52. The topological polar surface area (TPSA) is 112 Å². The first-order valence-electron chi connectivity index (χ1n) is 9.83. The molecule has 0 fully saturated rings. The SMILES string of the molecule is CCCCCCC/C=C/CC[N+](C(C)C(=O)O)(C(C)C(=O)O)C(C)C(=O)O. The first-order chi connectivity index (χ1) is 12.6. The molecule has 0 aromatic rings. The van der Waals surface area contributed by atoms with E-state index < -0.39 is 40.5 Å². The van der Waals surface area contributed by atoms with E-state index in [4.69, 9.17) is 0 Å². The molecule has 3 N–H and O–H groups in total. The molecule has 0 aromatic heterocycles. The summed E-state index contributed by atoms with van der Waals surface area (Å²) in [6.45, 7) is 6.47. The zero-order valence-electron chi connectivity index (χ0n) is 17.1. The van der Waals surface area contributed by atoms with E-state index in [1.165, 1.54) is 46.5 Å². The highest BCUT2D eigenvalue weighted by Crippen LogP contribution is 2.27. The molecule has 0 radical (unpaired) electrons. The molecule has 0 heterocycles. The molecule has 0 bridgehead atoms. The minimum absolute atomic E-state index is 0.140. The van der Waals surface area contributed by atoms with Gasteiger partial charge in [-0.05, 0) is 33.6 Å². The van der Waals surface area contributed by atoms with E-state index in [2.05, 4.69) is 6.92 Å². The van der Waals surface area contributed by atoms with Crippen LogP contribution in [0.4, 0.5) is 0 Å². The van der Waals surface area contributed by atoms with Gasteiger partial charge in [-0.25, -0.2) is 14.4 Å². The van der Waals surface area contributed by atoms with Gasteiger partial charge in [0, 0.05) is 6.42 Å². The highest BCUT2D eigenvalue weighted by molar-refractivity contribution is 5.77. The van der Waals surface area contributed by atoms with E-state index in [0.717, 1.165) is 12.8 Å². The summed E-state index contributed by atoms with van der Waals surface area (Å²) in [7, 11) is 0. The van der Waals surface area contributed by atoms with Crippen LogP contribution in [0.1, 0.15) is 72.6 Å². The van der Waals surface area contributed by atoms with Crippen molar-refractivity contribution in [2.24, 2.45) is 0 Å². The number of unbranched alkanes of at least 4 members (excludes halogenated alkanes) is 5. The largest absolute Gasteiger partial charge is 0.477 e. The number of hydrogen-bond donors (Lipinski definition) is 3. The number of allylic oxidation sites excluding steroid dienone is 1. The lowest BCUT2D eigenvalue weighted by Gasteiger charge is -2.47. The molecule has 0 amide bonds. The molecule has 0 saturated heterocycles. The van der Waals surface area contributed by atoms with Crippen molar-refractivity contribution in [1.82, 2.24) is 0 Å². The molecule has 0 aliphatic rings. The fourth-order valence-corrected chi connectivity index (χ4v) is 3.60. The molecule has 0 rings (SSSR count). The quantitative estimate of drug-likeness (QED) is 0.225. The van der Waals surface area contributed by atoms with Crippen molar-refractivity contribution in [2.75, 3.05) is 6.54 Å². The maximum atomic E-state index is 11.6. The fraction of sp³-hybridized carbons (Fsp3) is 0.750. The first kappa shape index (κ1) is 25.1. The van der Waals surface area contributed by atoms with Gasteiger partial charge in [0.15, 0.2) is 18.1 Å². The Morgan fingerprint density at radius 2 is 1.15 bits per heavy atom. The van der Waals surface area contributed by atoms with Crippen LogP contribution in [0, 0.1) is 0 Å². The lowest BCUT2D eigenvalue weighted by molar-refractivity contribution is -0.967. The van der Waals surface area contributed by atoms with E-state index in [9.17, 15) is 29.7 Å². The van der Waals surface area contributed by atoms with Crippen LogP contribution in [0.3, 0.4) is 0 Å². The third-order valence-electron chi connectivity index (χ3n) is 5.56. The molecule has 156 valence electrons. The minimum Gasteiger partial charge on any atom is -0.477 e. The van der Waals surface area contributed by atoms with Crippen LogP contribution in [0.5, 0.6) is 0 Å². The second-order valence-corrected chi connectivity index (χ2v) is 7.22. The summed E-state index contributed by atoms with van der Waals surface area (Å²) in [5.74, 6) is -3.59. The zero-order chi connectivity index (χ0) is 21.0. The standard InChI is InChI=1S/C20H35NO6/c1-5-6-7-8-9-10-11-12-13-14-21(15(2)18(22)23,16(3)19(24)25)17(4)20(26)27/h11-12,15-17H,5-10,13-14H2,1-4H3,(H2-,22,23,24,25,26,27)/p+1/b12-11+. The van der Waals surface area contributed by atoms with Gasteiger partial charge in [-0.3, -0.25) is 4.48 Å². The van der Waals surface area contributed by atoms with Crippen molar-refractivity contribution in [3.63, 3.8) is 0 Å². The van der Waals surface area contributed by atoms with Crippen molar-refractivity contribution in [1.29, 1.82) is 0 Å². The van der Waals surface area contributed by atoms with Gasteiger partial charge in [-0.1, -0.05) is 44.8 Å². The second-order valence-electron chi connectivity index (χ2n) is 7.22. The molecule has 3 atom stereocenters. The Labute approximate surface area is 162 Å². The number of carbonyl (C=O) groups is 3. The van der Waals surface area contributed by atoms with Crippen LogP contribution in [0.2, 0.25) is 0 Å². The van der Waals surface area contributed by atoms with E-state index >= 15 is 0 Å². The van der Waals surface area contributed by atoms with Gasteiger partial charge in [-0.15, -0.1) is 0 Å². The van der Waals surface area contributed by atoms with Crippen LogP contribution in [-0.2, 0) is 14.4 Å². The van der Waals surface area contributed by atoms with E-state index in [-0.39, 0.29) is 6.54 Å². The van der Waals surface area contributed by atoms with Crippen LogP contribution in [-0.4, -0.2) is 62.4 Å². The van der Waals surface area contributed by atoms with Crippen LogP contribution in [0.15, 0.2) is 12.2 Å². The molecule has 0 saturated carbocycles. The van der Waals surface area contributed by atoms with E-state index in [0.29, 0.717) is 6.42 Å². The Morgan fingerprint density at radius 3 is 1.56 bits per heavy atom. The summed E-state index contributed by atoms with van der Waals surface area (Å²) in [5, 5.41) is 28.5. The van der Waals surface area contributed by atoms with Gasteiger partial charge in [0.05, 0.1) is 6.54 Å². The second kappa shape index (κ2) is 12.5. The van der Waals surface area contributed by atoms with E-state index in [1.807, 2.05) is 12.2 Å². The third kappa shape index (κ3) is 7.33. The van der Waals surface area contributed by atoms with Crippen molar-refractivity contribution in [2.45, 2.75) is 90.8 Å². The number of hydrogen-bond acceptors (Lipinski definition) is 3. The molecule has 0 aromatic carbocycles. The van der Waals surface area contributed by atoms with Crippen LogP contribution >= 0.6 is 0 Å². The summed E-state index contributed by atoms with van der Waals surface area (Å²) in [6.07, 6.45) is 11.2. The molecule has 3 unspecified atom stereocenters. The first-order valence-corrected chi connectivity index (χ1v) is 9.83. The van der Waals surface area contributed by atoms with Crippen LogP contribution in [0.25, 0.3) is 0 Å². The Bertz CT molecular complexity index is 466. The Morgan fingerprint density at radius 1 is 0.741 bits per heavy atom. The number of nitrogens with zero attached hydrogens (tertiary/aromatic N) is 1. The molecule has 0 aliphatic carbocycles. The monoisotopic (exact) mass is 386 g/mol. The Balaban J connectivity index is 5.22. The van der Waals surface area contributed by atoms with Gasteiger partial charge in [0.2, 0.25) is 0 Å². The number of carboxylic acids is 3. The molecular formula is C20H36NO6+. The normalized spacial score (nSPS) is 17.2. The average Bonchev–Trinajstić information content (AvgIpc) is 2.61. The van der Waals surface area contributed by atoms with Crippen molar-refractivity contribution in [3.05, 3.63) is 12.2 Å². The number of quaternary nitrogens is 1. The van der Waals surface area contributed by atoms with Gasteiger partial charge in [-0.2, -0.15) is 0 Å². The molecular weight excluding hydrogens is 350 g/mol. The molecule has 0 aliphatic heterocycles. The van der Waals surface area contributed by atoms with Crippen molar-refractivity contribution in [3.8, 4) is 0 Å². The number of aliphatic carboxylic acids is 3. The lowest BCUT2D eigenvalue weighted by atomic mass is 10.0. The Kier molecular flexibility index (Phi) is 11.6. The maximum absolute atomic E-state index is 11.6. The predicted molar refractivity (Wildman–Crippen MR) is 104 cm³/mol. The van der Waals surface area contributed by atoms with E-state index in [1.54, 1.807) is 0 Å². The highest BCUT2D eigenvalue weighted by atomic mass is 16.4. The smallest absolute Gasteiger partial charge is 0.362 e. The summed E-state index contributed by atoms with van der Waals surface area (Å²) in [6, 6.07) is -3.45. The summed E-state index contributed by atoms with van der Waals surface area (Å²) in [5.41, 5.74) is 0. The number of rotatable bonds is 15. The predicted octanol–water partition coefficient (Wildman–Crippen LogP) is 3.53. The van der Waals surface area contributed by atoms with Gasteiger partial charge < -0.3 is 15.3 Å². The Hall–Kier alpha value is -1.89. The minimum atomic E-state index is -1.20. The summed E-state index contributed by atoms with van der Waals surface area (Å²) < 4.78 is -0.527. The molecule has 7 nitrogen and oxygen atoms in total. The lowest BCUT2D eigenvalue weighted by Crippen LogP contribution is -2.70. The number of carboxylic acid groups (broad SMARTS) is 3. The molecule has 0 spiro atoms. The fourth-order valence-electron chi connectivity index (χ4n) is 3.60. The third-order valence-corrected chi connectivity index (χ3v) is 5.56. The summed E-state index contributed by atoms with van der Waals surface area (Å²) in [4.78, 5) is 34.9. The molecule has 27 heavy (non-hydrogen) atoms. The van der Waals surface area contributed by atoms with Gasteiger partial charge >= 0.3 is 17.9 Å². The van der Waals surface area contributed by atoms with Crippen molar-refractivity contribution < 1.29 is 34.2 Å². The van der Waals surface area contributed by atoms with Crippen molar-refractivity contribution >= 4 is 17.9 Å². The van der Waals surface area contributed by atoms with Gasteiger partial charge in [0.25, 0.3) is 0 Å². The van der Waals surface area contributed by atoms with Gasteiger partial charge in [0.1, 0.15) is 0 Å². The zero-order valence-corrected chi connectivity index (χ0v) is 17.1. The summed E-state index contributed by atoms with van der Waals surface area (Å²) >= 11 is 0. The average molecular weight is 387 g/mol. The van der Waals surface area contributed by atoms with Crippen LogP contribution < -0.4 is 0 Å². The molecule has 7 heteroatoms. The maximum Gasteiger partial charge on any atom is 0.362 e.